The molecular formula is C10H21NO3. The Balaban J connectivity index is 1.96. The average molecular weight is 203 g/mol. The highest BCUT2D eigenvalue weighted by Gasteiger charge is 2.14. The van der Waals surface area contributed by atoms with Crippen LogP contribution in [0.1, 0.15) is 12.8 Å². The van der Waals surface area contributed by atoms with Crippen LogP contribution >= 0.6 is 0 Å². The van der Waals surface area contributed by atoms with E-state index in [-0.39, 0.29) is 6.10 Å². The van der Waals surface area contributed by atoms with Crippen molar-refractivity contribution in [3.63, 3.8) is 0 Å². The fraction of sp³-hybridized carbons (Fsp3) is 1.00. The lowest BCUT2D eigenvalue weighted by atomic mass is 10.0. The minimum Gasteiger partial charge on any atom is -0.389 e. The second-order valence-corrected chi connectivity index (χ2v) is 3.80. The highest BCUT2D eigenvalue weighted by molar-refractivity contribution is 4.63. The molecule has 1 rings (SSSR count). The molecule has 0 radical (unpaired) electrons. The first-order valence-electron chi connectivity index (χ1n) is 5.31. The standard InChI is InChI=1S/C10H21NO3/c1-11-6-10(12)8-14-7-9-2-4-13-5-3-9/h9-12H,2-8H2,1H3. The molecule has 0 saturated carbocycles. The maximum Gasteiger partial charge on any atom is 0.0897 e. The maximum atomic E-state index is 9.37. The van der Waals surface area contributed by atoms with E-state index >= 15 is 0 Å². The van der Waals surface area contributed by atoms with Crippen LogP contribution in [0.5, 0.6) is 0 Å². The van der Waals surface area contributed by atoms with Crippen molar-refractivity contribution in [2.45, 2.75) is 18.9 Å². The monoisotopic (exact) mass is 203 g/mol. The molecule has 0 spiro atoms. The van der Waals surface area contributed by atoms with E-state index in [9.17, 15) is 5.11 Å². The van der Waals surface area contributed by atoms with Crippen LogP contribution in [0.3, 0.4) is 0 Å². The molecule has 1 heterocycles. The van der Waals surface area contributed by atoms with Crippen LogP contribution in [-0.2, 0) is 9.47 Å². The van der Waals surface area contributed by atoms with Gasteiger partial charge in [-0.05, 0) is 25.8 Å². The SMILES string of the molecule is CNCC(O)COCC1CCOCC1. The second kappa shape index (κ2) is 7.17. The van der Waals surface area contributed by atoms with E-state index < -0.39 is 0 Å². The summed E-state index contributed by atoms with van der Waals surface area (Å²) in [7, 11) is 1.82. The summed E-state index contributed by atoms with van der Waals surface area (Å²) in [6.07, 6.45) is 1.78. The first kappa shape index (κ1) is 11.9. The van der Waals surface area contributed by atoms with Crippen molar-refractivity contribution in [2.24, 2.45) is 5.92 Å². The molecule has 4 nitrogen and oxygen atoms in total. The number of aliphatic hydroxyl groups is 1. The summed E-state index contributed by atoms with van der Waals surface area (Å²) < 4.78 is 10.7. The molecule has 1 saturated heterocycles. The molecule has 0 aliphatic carbocycles. The number of nitrogens with one attached hydrogen (secondary N) is 1. The molecular weight excluding hydrogens is 182 g/mol. The Hall–Kier alpha value is -0.160. The third-order valence-electron chi connectivity index (χ3n) is 2.44. The fourth-order valence-corrected chi connectivity index (χ4v) is 1.58. The minimum atomic E-state index is -0.389. The van der Waals surface area contributed by atoms with Crippen LogP contribution in [-0.4, -0.2) is 51.2 Å². The van der Waals surface area contributed by atoms with Crippen LogP contribution in [0.25, 0.3) is 0 Å². The van der Waals surface area contributed by atoms with E-state index in [2.05, 4.69) is 5.32 Å². The second-order valence-electron chi connectivity index (χ2n) is 3.80. The molecule has 4 heteroatoms. The van der Waals surface area contributed by atoms with Gasteiger partial charge < -0.3 is 19.9 Å². The summed E-state index contributed by atoms with van der Waals surface area (Å²) in [6.45, 7) is 3.48. The molecule has 1 fully saturated rings. The molecule has 0 aromatic rings. The molecule has 84 valence electrons. The Labute approximate surface area is 85.6 Å². The highest BCUT2D eigenvalue weighted by Crippen LogP contribution is 2.14. The predicted octanol–water partition coefficient (Wildman–Crippen LogP) is 0.00990. The van der Waals surface area contributed by atoms with Gasteiger partial charge in [-0.15, -0.1) is 0 Å². The number of likely N-dealkylation sites (N-methyl/N-ethyl adjacent to an activating group) is 1. The van der Waals surface area contributed by atoms with E-state index in [1.807, 2.05) is 7.05 Å². The Morgan fingerprint density at radius 1 is 1.50 bits per heavy atom. The van der Waals surface area contributed by atoms with E-state index in [0.717, 1.165) is 32.7 Å². The quantitative estimate of drug-likeness (QED) is 0.638. The first-order valence-corrected chi connectivity index (χ1v) is 5.31. The van der Waals surface area contributed by atoms with Crippen molar-refractivity contribution in [3.8, 4) is 0 Å². The predicted molar refractivity (Wildman–Crippen MR) is 54.3 cm³/mol. The lowest BCUT2D eigenvalue weighted by molar-refractivity contribution is -0.00818. The molecule has 1 unspecified atom stereocenters. The van der Waals surface area contributed by atoms with Gasteiger partial charge in [-0.25, -0.2) is 0 Å². The molecule has 0 amide bonds. The summed E-state index contributed by atoms with van der Waals surface area (Å²) in [4.78, 5) is 0. The maximum absolute atomic E-state index is 9.37. The number of rotatable bonds is 6. The van der Waals surface area contributed by atoms with Crippen LogP contribution in [0.15, 0.2) is 0 Å². The van der Waals surface area contributed by atoms with E-state index in [0.29, 0.717) is 19.1 Å². The summed E-state index contributed by atoms with van der Waals surface area (Å²) >= 11 is 0. The number of hydrogen-bond acceptors (Lipinski definition) is 4. The summed E-state index contributed by atoms with van der Waals surface area (Å²) in [5.74, 6) is 0.616. The normalized spacial score (nSPS) is 21.0. The van der Waals surface area contributed by atoms with Crippen molar-refractivity contribution in [1.82, 2.24) is 5.32 Å². The van der Waals surface area contributed by atoms with Gasteiger partial charge in [-0.1, -0.05) is 0 Å². The zero-order valence-electron chi connectivity index (χ0n) is 8.87. The molecule has 1 aliphatic heterocycles. The topological polar surface area (TPSA) is 50.7 Å². The average Bonchev–Trinajstić information content (AvgIpc) is 2.20. The number of hydrogen-bond donors (Lipinski definition) is 2. The van der Waals surface area contributed by atoms with Gasteiger partial charge in [-0.3, -0.25) is 0 Å². The van der Waals surface area contributed by atoms with E-state index in [1.54, 1.807) is 0 Å². The molecule has 1 atom stereocenters. The zero-order valence-corrected chi connectivity index (χ0v) is 8.87. The Bertz CT molecular complexity index is 137. The summed E-state index contributed by atoms with van der Waals surface area (Å²) in [5, 5.41) is 12.3. The van der Waals surface area contributed by atoms with E-state index in [4.69, 9.17) is 9.47 Å². The van der Waals surface area contributed by atoms with Gasteiger partial charge in [0.2, 0.25) is 0 Å². The van der Waals surface area contributed by atoms with Crippen LogP contribution < -0.4 is 5.32 Å². The largest absolute Gasteiger partial charge is 0.389 e. The molecule has 14 heavy (non-hydrogen) atoms. The third kappa shape index (κ3) is 4.91. The smallest absolute Gasteiger partial charge is 0.0897 e. The number of aliphatic hydroxyl groups excluding tert-OH is 1. The Kier molecular flexibility index (Phi) is 6.10. The van der Waals surface area contributed by atoms with Gasteiger partial charge in [0.25, 0.3) is 0 Å². The summed E-state index contributed by atoms with van der Waals surface area (Å²) in [6, 6.07) is 0. The zero-order chi connectivity index (χ0) is 10.2. The van der Waals surface area contributed by atoms with E-state index in [1.165, 1.54) is 0 Å². The van der Waals surface area contributed by atoms with Gasteiger partial charge in [0, 0.05) is 26.4 Å². The van der Waals surface area contributed by atoms with Crippen molar-refractivity contribution in [2.75, 3.05) is 40.0 Å². The van der Waals surface area contributed by atoms with Crippen molar-refractivity contribution >= 4 is 0 Å². The van der Waals surface area contributed by atoms with Crippen molar-refractivity contribution < 1.29 is 14.6 Å². The molecule has 0 bridgehead atoms. The Morgan fingerprint density at radius 3 is 2.86 bits per heavy atom. The van der Waals surface area contributed by atoms with Crippen LogP contribution in [0, 0.1) is 5.92 Å². The molecule has 0 aromatic carbocycles. The molecule has 0 aromatic heterocycles. The van der Waals surface area contributed by atoms with Gasteiger partial charge in [0.05, 0.1) is 12.7 Å². The van der Waals surface area contributed by atoms with Crippen LogP contribution in [0.2, 0.25) is 0 Å². The first-order chi connectivity index (χ1) is 6.83. The van der Waals surface area contributed by atoms with Crippen molar-refractivity contribution in [3.05, 3.63) is 0 Å². The Morgan fingerprint density at radius 2 is 2.21 bits per heavy atom. The van der Waals surface area contributed by atoms with Crippen molar-refractivity contribution in [1.29, 1.82) is 0 Å². The fourth-order valence-electron chi connectivity index (χ4n) is 1.58. The number of ether oxygens (including phenoxy) is 2. The van der Waals surface area contributed by atoms with Gasteiger partial charge in [-0.2, -0.15) is 0 Å². The van der Waals surface area contributed by atoms with Gasteiger partial charge in [0.1, 0.15) is 0 Å². The minimum absolute atomic E-state index is 0.389. The lowest BCUT2D eigenvalue weighted by Gasteiger charge is -2.22. The van der Waals surface area contributed by atoms with Crippen LogP contribution in [0.4, 0.5) is 0 Å². The third-order valence-corrected chi connectivity index (χ3v) is 2.44. The highest BCUT2D eigenvalue weighted by atomic mass is 16.5. The lowest BCUT2D eigenvalue weighted by Crippen LogP contribution is -2.29. The van der Waals surface area contributed by atoms with Gasteiger partial charge >= 0.3 is 0 Å². The van der Waals surface area contributed by atoms with Gasteiger partial charge in [0.15, 0.2) is 0 Å². The summed E-state index contributed by atoms with van der Waals surface area (Å²) in [5.41, 5.74) is 0. The molecule has 1 aliphatic rings. The molecule has 2 N–H and O–H groups in total.